The third-order valence-electron chi connectivity index (χ3n) is 4.23. The quantitative estimate of drug-likeness (QED) is 0.279. The van der Waals surface area contributed by atoms with E-state index in [1.807, 2.05) is 29.1 Å². The number of ketones is 1. The summed E-state index contributed by atoms with van der Waals surface area (Å²) in [5.41, 5.74) is 2.75. The molecule has 0 radical (unpaired) electrons. The Morgan fingerprint density at radius 2 is 1.70 bits per heavy atom. The van der Waals surface area contributed by atoms with Crippen LogP contribution in [0.3, 0.4) is 0 Å². The first-order chi connectivity index (χ1) is 13.0. The molecule has 0 saturated carbocycles. The maximum Gasteiger partial charge on any atom is 0.269 e. The summed E-state index contributed by atoms with van der Waals surface area (Å²) in [5, 5.41) is 10.7. The number of benzene rings is 2. The van der Waals surface area contributed by atoms with Gasteiger partial charge in [0, 0.05) is 29.8 Å². The normalized spacial score (nSPS) is 10.4. The van der Waals surface area contributed by atoms with Crippen molar-refractivity contribution >= 4 is 11.5 Å². The molecule has 0 bridgehead atoms. The van der Waals surface area contributed by atoms with Crippen LogP contribution >= 0.6 is 0 Å². The zero-order valence-electron chi connectivity index (χ0n) is 14.9. The standard InChI is InChI=1S/C21H19N2O4/c1-27-20-4-2-3-18(14-20)21(24)15-22-11-9-17(10-12-22)13-16-5-7-19(8-6-16)23(25)26/h2-12,14H,13,15H2,1H3/q+1. The van der Waals surface area contributed by atoms with Crippen molar-refractivity contribution in [2.24, 2.45) is 0 Å². The molecule has 0 aliphatic heterocycles. The summed E-state index contributed by atoms with van der Waals surface area (Å²) in [6.07, 6.45) is 4.39. The number of ether oxygens (including phenoxy) is 1. The molecular formula is C21H19N2O4+. The maximum absolute atomic E-state index is 12.4. The molecule has 6 nitrogen and oxygen atoms in total. The van der Waals surface area contributed by atoms with E-state index in [1.165, 1.54) is 12.1 Å². The van der Waals surface area contributed by atoms with E-state index >= 15 is 0 Å². The summed E-state index contributed by atoms with van der Waals surface area (Å²) in [6, 6.07) is 17.5. The van der Waals surface area contributed by atoms with Crippen molar-refractivity contribution in [1.29, 1.82) is 0 Å². The molecule has 3 rings (SSSR count). The highest BCUT2D eigenvalue weighted by molar-refractivity contribution is 5.95. The molecule has 0 aliphatic rings. The molecule has 27 heavy (non-hydrogen) atoms. The van der Waals surface area contributed by atoms with E-state index in [1.54, 1.807) is 43.5 Å². The molecule has 0 fully saturated rings. The van der Waals surface area contributed by atoms with Crippen molar-refractivity contribution in [1.82, 2.24) is 0 Å². The van der Waals surface area contributed by atoms with Gasteiger partial charge in [-0.25, -0.2) is 0 Å². The van der Waals surface area contributed by atoms with Crippen LogP contribution in [0.15, 0.2) is 73.1 Å². The lowest BCUT2D eigenvalue weighted by Gasteiger charge is -2.03. The number of non-ortho nitro benzene ring substituents is 1. The number of carbonyl (C=O) groups excluding carboxylic acids is 1. The molecule has 6 heteroatoms. The van der Waals surface area contributed by atoms with Crippen LogP contribution in [0.25, 0.3) is 0 Å². The van der Waals surface area contributed by atoms with Gasteiger partial charge in [0.2, 0.25) is 12.3 Å². The Kier molecular flexibility index (Phi) is 5.56. The predicted octanol–water partition coefficient (Wildman–Crippen LogP) is 3.36. The first kappa shape index (κ1) is 18.3. The summed E-state index contributed by atoms with van der Waals surface area (Å²) < 4.78 is 6.97. The highest BCUT2D eigenvalue weighted by atomic mass is 16.6. The van der Waals surface area contributed by atoms with Gasteiger partial charge in [0.25, 0.3) is 5.69 Å². The Balaban J connectivity index is 1.64. The van der Waals surface area contributed by atoms with Crippen molar-refractivity contribution < 1.29 is 19.0 Å². The molecule has 0 aliphatic carbocycles. The van der Waals surface area contributed by atoms with E-state index in [0.29, 0.717) is 17.7 Å². The van der Waals surface area contributed by atoms with E-state index in [-0.39, 0.29) is 18.0 Å². The molecule has 0 spiro atoms. The van der Waals surface area contributed by atoms with Crippen molar-refractivity contribution in [3.05, 3.63) is 99.9 Å². The maximum atomic E-state index is 12.4. The molecule has 0 unspecified atom stereocenters. The number of carbonyl (C=O) groups is 1. The molecule has 3 aromatic rings. The largest absolute Gasteiger partial charge is 0.497 e. The second-order valence-electron chi connectivity index (χ2n) is 6.13. The average molecular weight is 363 g/mol. The van der Waals surface area contributed by atoms with Gasteiger partial charge in [-0.05, 0) is 29.7 Å². The molecule has 2 aromatic carbocycles. The van der Waals surface area contributed by atoms with E-state index < -0.39 is 4.92 Å². The summed E-state index contributed by atoms with van der Waals surface area (Å²) in [7, 11) is 1.57. The molecule has 0 atom stereocenters. The van der Waals surface area contributed by atoms with Crippen LogP contribution in [0.4, 0.5) is 5.69 Å². The van der Waals surface area contributed by atoms with Crippen LogP contribution < -0.4 is 9.30 Å². The topological polar surface area (TPSA) is 73.3 Å². The Hall–Kier alpha value is -3.54. The zero-order valence-corrected chi connectivity index (χ0v) is 14.9. The predicted molar refractivity (Wildman–Crippen MR) is 99.9 cm³/mol. The van der Waals surface area contributed by atoms with E-state index in [0.717, 1.165) is 11.1 Å². The van der Waals surface area contributed by atoms with Gasteiger partial charge in [0.1, 0.15) is 5.75 Å². The van der Waals surface area contributed by atoms with Gasteiger partial charge in [-0.15, -0.1) is 0 Å². The van der Waals surface area contributed by atoms with Crippen molar-refractivity contribution in [2.75, 3.05) is 7.11 Å². The second-order valence-corrected chi connectivity index (χ2v) is 6.13. The zero-order chi connectivity index (χ0) is 19.2. The summed E-state index contributed by atoms with van der Waals surface area (Å²) in [4.78, 5) is 22.7. The van der Waals surface area contributed by atoms with Crippen molar-refractivity contribution in [3.8, 4) is 5.75 Å². The lowest BCUT2D eigenvalue weighted by Crippen LogP contribution is -2.37. The van der Waals surface area contributed by atoms with Crippen LogP contribution in [0.2, 0.25) is 0 Å². The van der Waals surface area contributed by atoms with Gasteiger partial charge in [0.05, 0.1) is 12.0 Å². The number of pyridine rings is 1. The molecule has 0 N–H and O–H groups in total. The fourth-order valence-corrected chi connectivity index (χ4v) is 2.74. The van der Waals surface area contributed by atoms with Crippen LogP contribution in [-0.2, 0) is 13.0 Å². The van der Waals surface area contributed by atoms with E-state index in [9.17, 15) is 14.9 Å². The van der Waals surface area contributed by atoms with Gasteiger partial charge < -0.3 is 4.74 Å². The van der Waals surface area contributed by atoms with Crippen molar-refractivity contribution in [2.45, 2.75) is 13.0 Å². The van der Waals surface area contributed by atoms with E-state index in [2.05, 4.69) is 0 Å². The Morgan fingerprint density at radius 3 is 2.33 bits per heavy atom. The van der Waals surface area contributed by atoms with Gasteiger partial charge in [-0.1, -0.05) is 24.3 Å². The Bertz CT molecular complexity index is 951. The first-order valence-corrected chi connectivity index (χ1v) is 8.44. The number of aromatic nitrogens is 1. The third-order valence-corrected chi connectivity index (χ3v) is 4.23. The van der Waals surface area contributed by atoms with Gasteiger partial charge in [-0.2, -0.15) is 4.57 Å². The molecule has 1 aromatic heterocycles. The number of nitro benzene ring substituents is 1. The van der Waals surface area contributed by atoms with Crippen LogP contribution in [0, 0.1) is 10.1 Å². The number of rotatable bonds is 7. The minimum atomic E-state index is -0.408. The number of methoxy groups -OCH3 is 1. The average Bonchev–Trinajstić information content (AvgIpc) is 2.70. The van der Waals surface area contributed by atoms with Crippen LogP contribution in [0.1, 0.15) is 21.5 Å². The fraction of sp³-hybridized carbons (Fsp3) is 0.143. The first-order valence-electron chi connectivity index (χ1n) is 8.44. The van der Waals surface area contributed by atoms with Crippen molar-refractivity contribution in [3.63, 3.8) is 0 Å². The van der Waals surface area contributed by atoms with Gasteiger partial charge >= 0.3 is 0 Å². The molecule has 0 amide bonds. The minimum absolute atomic E-state index is 0.00187. The SMILES string of the molecule is COc1cccc(C(=O)C[n+]2ccc(Cc3ccc([N+](=O)[O-])cc3)cc2)c1. The number of nitrogens with zero attached hydrogens (tertiary/aromatic N) is 2. The second kappa shape index (κ2) is 8.23. The molecule has 136 valence electrons. The van der Waals surface area contributed by atoms with Gasteiger partial charge in [-0.3, -0.25) is 14.9 Å². The Morgan fingerprint density at radius 1 is 1.04 bits per heavy atom. The minimum Gasteiger partial charge on any atom is -0.497 e. The number of Topliss-reactive ketones (excluding diaryl/α,β-unsaturated/α-hetero) is 1. The molecule has 1 heterocycles. The summed E-state index contributed by atoms with van der Waals surface area (Å²) in [5.74, 6) is 0.659. The summed E-state index contributed by atoms with van der Waals surface area (Å²) in [6.45, 7) is 0.241. The highest BCUT2D eigenvalue weighted by Gasteiger charge is 2.13. The number of nitro groups is 1. The van der Waals surface area contributed by atoms with Crippen LogP contribution in [-0.4, -0.2) is 17.8 Å². The lowest BCUT2D eigenvalue weighted by molar-refractivity contribution is -0.683. The molecule has 0 saturated heterocycles. The fourth-order valence-electron chi connectivity index (χ4n) is 2.74. The van der Waals surface area contributed by atoms with E-state index in [4.69, 9.17) is 4.74 Å². The lowest BCUT2D eigenvalue weighted by atomic mass is 10.1. The highest BCUT2D eigenvalue weighted by Crippen LogP contribution is 2.15. The number of hydrogen-bond donors (Lipinski definition) is 0. The Labute approximate surface area is 156 Å². The molecular weight excluding hydrogens is 344 g/mol. The third kappa shape index (κ3) is 4.76. The van der Waals surface area contributed by atoms with Crippen LogP contribution in [0.5, 0.6) is 5.75 Å². The smallest absolute Gasteiger partial charge is 0.269 e. The number of hydrogen-bond acceptors (Lipinski definition) is 4. The monoisotopic (exact) mass is 363 g/mol. The summed E-state index contributed by atoms with van der Waals surface area (Å²) >= 11 is 0. The van der Waals surface area contributed by atoms with Gasteiger partial charge in [0.15, 0.2) is 12.4 Å².